The SMILES string of the molecule is CCC(C)CCCCCCCCCCCCCCCCC(=O)O[C@H](COC(=O)CCCCCCCCCCCCC(C)CC)COP(=O)(O)OC[C@@H](O)COP(=O)(O)OC[C@@H](COC(=O)CCCCCCCCC(C)CC)OC(=O)CCCCCCCCCCC(C)C. The van der Waals surface area contributed by atoms with Crippen LogP contribution in [0.1, 0.15) is 370 Å². The molecule has 19 heteroatoms. The standard InChI is InChI=1S/C74H144O17P2/c1-9-65(6)51-43-35-27-20-16-14-12-13-15-17-23-30-40-48-56-73(78)90-69(60-84-71(76)54-46-38-29-22-19-18-21-28-36-44-52-66(7)10-2)62-88-92(80,81)86-58-68(75)59-87-93(82,83)89-63-70(61-85-72(77)55-47-39-33-32-37-45-53-67(8)11-3)91-74(79)57-49-41-31-25-24-26-34-42-50-64(4)5/h64-70,75H,9-63H2,1-8H3,(H,80,81)(H,82,83)/t65?,66?,67?,68-,69-,70-/m1/s1. The molecule has 0 amide bonds. The minimum atomic E-state index is -4.96. The van der Waals surface area contributed by atoms with Crippen LogP contribution in [0.25, 0.3) is 0 Å². The Labute approximate surface area is 568 Å². The first-order valence-electron chi connectivity index (χ1n) is 38.3. The number of phosphoric ester groups is 2. The van der Waals surface area contributed by atoms with Crippen molar-refractivity contribution in [2.75, 3.05) is 39.6 Å². The Morgan fingerprint density at radius 1 is 0.301 bits per heavy atom. The van der Waals surface area contributed by atoms with Crippen LogP contribution in [0.5, 0.6) is 0 Å². The Morgan fingerprint density at radius 2 is 0.516 bits per heavy atom. The quantitative estimate of drug-likeness (QED) is 0.0222. The maximum absolute atomic E-state index is 13.1. The van der Waals surface area contributed by atoms with Crippen molar-refractivity contribution in [1.82, 2.24) is 0 Å². The van der Waals surface area contributed by atoms with Gasteiger partial charge in [0.25, 0.3) is 0 Å². The molecule has 0 bridgehead atoms. The summed E-state index contributed by atoms with van der Waals surface area (Å²) in [5.74, 6) is 0.979. The highest BCUT2D eigenvalue weighted by Crippen LogP contribution is 2.45. The van der Waals surface area contributed by atoms with E-state index in [9.17, 15) is 43.2 Å². The highest BCUT2D eigenvalue weighted by Gasteiger charge is 2.30. The molecule has 17 nitrogen and oxygen atoms in total. The first kappa shape index (κ1) is 91.1. The number of phosphoric acid groups is 2. The largest absolute Gasteiger partial charge is 0.472 e. The minimum Gasteiger partial charge on any atom is -0.462 e. The summed E-state index contributed by atoms with van der Waals surface area (Å²) in [6, 6.07) is 0. The Bertz CT molecular complexity index is 1840. The number of rotatable bonds is 71. The maximum atomic E-state index is 13.1. The van der Waals surface area contributed by atoms with Crippen molar-refractivity contribution in [3.8, 4) is 0 Å². The van der Waals surface area contributed by atoms with E-state index in [2.05, 4.69) is 55.4 Å². The zero-order valence-electron chi connectivity index (χ0n) is 60.9. The molecule has 0 heterocycles. The van der Waals surface area contributed by atoms with E-state index >= 15 is 0 Å². The van der Waals surface area contributed by atoms with E-state index in [1.165, 1.54) is 167 Å². The number of hydrogen-bond acceptors (Lipinski definition) is 15. The van der Waals surface area contributed by atoms with Crippen molar-refractivity contribution in [3.05, 3.63) is 0 Å². The van der Waals surface area contributed by atoms with Gasteiger partial charge in [0.1, 0.15) is 19.3 Å². The van der Waals surface area contributed by atoms with Crippen LogP contribution >= 0.6 is 15.6 Å². The zero-order valence-corrected chi connectivity index (χ0v) is 62.7. The Kier molecular flexibility index (Phi) is 62.2. The molecular formula is C74H144O17P2. The topological polar surface area (TPSA) is 237 Å². The molecule has 8 atom stereocenters. The molecule has 0 aliphatic heterocycles. The lowest BCUT2D eigenvalue weighted by molar-refractivity contribution is -0.161. The molecule has 93 heavy (non-hydrogen) atoms. The second-order valence-electron chi connectivity index (χ2n) is 27.9. The number of aliphatic hydroxyl groups is 1. The van der Waals surface area contributed by atoms with Crippen LogP contribution < -0.4 is 0 Å². The van der Waals surface area contributed by atoms with E-state index in [0.29, 0.717) is 25.7 Å². The van der Waals surface area contributed by atoms with E-state index in [0.717, 1.165) is 120 Å². The van der Waals surface area contributed by atoms with Crippen LogP contribution in [0.3, 0.4) is 0 Å². The molecule has 0 aliphatic rings. The molecule has 0 saturated carbocycles. The van der Waals surface area contributed by atoms with Gasteiger partial charge in [0, 0.05) is 25.7 Å². The van der Waals surface area contributed by atoms with Crippen LogP contribution in [0, 0.1) is 23.7 Å². The number of esters is 4. The Hall–Kier alpha value is -1.94. The van der Waals surface area contributed by atoms with Crippen molar-refractivity contribution in [2.24, 2.45) is 23.7 Å². The summed E-state index contributed by atoms with van der Waals surface area (Å²) in [6.07, 6.45) is 47.1. The molecule has 0 aromatic heterocycles. The monoisotopic (exact) mass is 1370 g/mol. The van der Waals surface area contributed by atoms with Crippen molar-refractivity contribution in [2.45, 2.75) is 388 Å². The van der Waals surface area contributed by atoms with Crippen molar-refractivity contribution in [3.63, 3.8) is 0 Å². The number of carbonyl (C=O) groups is 4. The fourth-order valence-corrected chi connectivity index (χ4v) is 12.7. The summed E-state index contributed by atoms with van der Waals surface area (Å²) >= 11 is 0. The van der Waals surface area contributed by atoms with Gasteiger partial charge in [-0.25, -0.2) is 9.13 Å². The van der Waals surface area contributed by atoms with Gasteiger partial charge in [0.2, 0.25) is 0 Å². The number of unbranched alkanes of at least 4 members (excludes halogenated alkanes) is 34. The molecule has 0 spiro atoms. The van der Waals surface area contributed by atoms with E-state index in [1.54, 1.807) is 0 Å². The van der Waals surface area contributed by atoms with Gasteiger partial charge in [-0.2, -0.15) is 0 Å². The lowest BCUT2D eigenvalue weighted by Gasteiger charge is -2.21. The van der Waals surface area contributed by atoms with Crippen molar-refractivity contribution in [1.29, 1.82) is 0 Å². The van der Waals surface area contributed by atoms with Gasteiger partial charge in [0.05, 0.1) is 26.4 Å². The van der Waals surface area contributed by atoms with Gasteiger partial charge in [-0.15, -0.1) is 0 Å². The van der Waals surface area contributed by atoms with Gasteiger partial charge in [-0.1, -0.05) is 319 Å². The maximum Gasteiger partial charge on any atom is 0.472 e. The first-order valence-corrected chi connectivity index (χ1v) is 41.3. The zero-order chi connectivity index (χ0) is 68.9. The van der Waals surface area contributed by atoms with E-state index < -0.39 is 97.5 Å². The molecule has 0 aromatic carbocycles. The molecule has 3 N–H and O–H groups in total. The summed E-state index contributed by atoms with van der Waals surface area (Å²) in [7, 11) is -9.91. The van der Waals surface area contributed by atoms with Crippen LogP contribution in [-0.2, 0) is 65.4 Å². The summed E-state index contributed by atoms with van der Waals surface area (Å²) in [5.41, 5.74) is 0. The van der Waals surface area contributed by atoms with Gasteiger partial charge in [-0.3, -0.25) is 37.3 Å². The molecule has 552 valence electrons. The lowest BCUT2D eigenvalue weighted by Crippen LogP contribution is -2.30. The molecule has 0 radical (unpaired) electrons. The number of ether oxygens (including phenoxy) is 4. The third kappa shape index (κ3) is 64.5. The number of hydrogen-bond donors (Lipinski definition) is 3. The second kappa shape index (κ2) is 63.5. The van der Waals surface area contributed by atoms with E-state index in [1.807, 2.05) is 0 Å². The fourth-order valence-electron chi connectivity index (χ4n) is 11.1. The highest BCUT2D eigenvalue weighted by molar-refractivity contribution is 7.47. The van der Waals surface area contributed by atoms with E-state index in [-0.39, 0.29) is 25.7 Å². The summed E-state index contributed by atoms with van der Waals surface area (Å²) in [5, 5.41) is 10.6. The van der Waals surface area contributed by atoms with Gasteiger partial charge >= 0.3 is 39.5 Å². The molecule has 0 aromatic rings. The normalized spacial score (nSPS) is 15.1. The molecule has 0 saturated heterocycles. The van der Waals surface area contributed by atoms with Crippen LogP contribution in [0.4, 0.5) is 0 Å². The van der Waals surface area contributed by atoms with Crippen LogP contribution in [0.15, 0.2) is 0 Å². The molecule has 0 rings (SSSR count). The average molecular weight is 1370 g/mol. The lowest BCUT2D eigenvalue weighted by atomic mass is 9.99. The average Bonchev–Trinajstić information content (AvgIpc) is 3.74. The van der Waals surface area contributed by atoms with Gasteiger partial charge in [0.15, 0.2) is 12.2 Å². The summed E-state index contributed by atoms with van der Waals surface area (Å²) in [4.78, 5) is 72.7. The Balaban J connectivity index is 5.25. The Morgan fingerprint density at radius 3 is 0.763 bits per heavy atom. The molecule has 0 aliphatic carbocycles. The molecule has 5 unspecified atom stereocenters. The minimum absolute atomic E-state index is 0.103. The third-order valence-corrected chi connectivity index (χ3v) is 20.1. The number of carbonyl (C=O) groups excluding carboxylic acids is 4. The summed E-state index contributed by atoms with van der Waals surface area (Å²) < 4.78 is 68.4. The number of aliphatic hydroxyl groups excluding tert-OH is 1. The van der Waals surface area contributed by atoms with Crippen molar-refractivity contribution >= 4 is 39.5 Å². The van der Waals surface area contributed by atoms with Crippen molar-refractivity contribution < 1.29 is 80.2 Å². The predicted octanol–water partition coefficient (Wildman–Crippen LogP) is 21.3. The smallest absolute Gasteiger partial charge is 0.462 e. The second-order valence-corrected chi connectivity index (χ2v) is 30.8. The van der Waals surface area contributed by atoms with Gasteiger partial charge < -0.3 is 33.8 Å². The van der Waals surface area contributed by atoms with Gasteiger partial charge in [-0.05, 0) is 49.4 Å². The molecule has 0 fully saturated rings. The first-order chi connectivity index (χ1) is 44.7. The highest BCUT2D eigenvalue weighted by atomic mass is 31.2. The predicted molar refractivity (Wildman–Crippen MR) is 377 cm³/mol. The fraction of sp³-hybridized carbons (Fsp3) is 0.946. The summed E-state index contributed by atoms with van der Waals surface area (Å²) in [6.45, 7) is 14.2. The third-order valence-electron chi connectivity index (χ3n) is 18.2. The van der Waals surface area contributed by atoms with Crippen LogP contribution in [0.2, 0.25) is 0 Å². The van der Waals surface area contributed by atoms with Crippen LogP contribution in [-0.4, -0.2) is 96.7 Å². The molecular weight excluding hydrogens is 1220 g/mol. The van der Waals surface area contributed by atoms with E-state index in [4.69, 9.17) is 37.0 Å².